The molecular weight excluding hydrogens is 544 g/mol. The fraction of sp³-hybridized carbons (Fsp3) is 0.536. The molecular formula is C28H32O13. The quantitative estimate of drug-likeness (QED) is 0.347. The lowest BCUT2D eigenvalue weighted by Crippen LogP contribution is -2.59. The summed E-state index contributed by atoms with van der Waals surface area (Å²) in [5.74, 6) is 0.382. The van der Waals surface area contributed by atoms with Gasteiger partial charge in [0.2, 0.25) is 12.5 Å². The van der Waals surface area contributed by atoms with Gasteiger partial charge in [0.25, 0.3) is 0 Å². The SMILES string of the molecule is COc1cc2c(c(OC)c1OC)-c1cc3c(cc1[C@H](O[C@@H]1O[C@@H](CO)[C@@H](O)[C@H](O)[C@@H]1O)[C@H]1COC(=O)[C@@H]1C2)OCO3. The number of ether oxygens (including phenoxy) is 8. The molecule has 0 aromatic heterocycles. The summed E-state index contributed by atoms with van der Waals surface area (Å²) in [7, 11) is 4.50. The van der Waals surface area contributed by atoms with Gasteiger partial charge in [0.15, 0.2) is 29.3 Å². The van der Waals surface area contributed by atoms with Crippen LogP contribution in [0.5, 0.6) is 28.7 Å². The average Bonchev–Trinajstić information content (AvgIpc) is 3.59. The Morgan fingerprint density at radius 1 is 0.902 bits per heavy atom. The van der Waals surface area contributed by atoms with Crippen molar-refractivity contribution in [1.29, 1.82) is 0 Å². The number of carbonyl (C=O) groups is 1. The summed E-state index contributed by atoms with van der Waals surface area (Å²) in [5.41, 5.74) is 2.51. The minimum Gasteiger partial charge on any atom is -0.493 e. The third kappa shape index (κ3) is 4.44. The Morgan fingerprint density at radius 3 is 2.32 bits per heavy atom. The molecule has 2 saturated heterocycles. The van der Waals surface area contributed by atoms with Crippen LogP contribution in [0.25, 0.3) is 11.1 Å². The highest BCUT2D eigenvalue weighted by molar-refractivity contribution is 5.85. The van der Waals surface area contributed by atoms with Crippen LogP contribution in [-0.4, -0.2) is 98.4 Å². The molecule has 2 fully saturated rings. The van der Waals surface area contributed by atoms with Gasteiger partial charge in [-0.1, -0.05) is 0 Å². The first kappa shape index (κ1) is 27.8. The predicted molar refractivity (Wildman–Crippen MR) is 137 cm³/mol. The Balaban J connectivity index is 1.57. The van der Waals surface area contributed by atoms with Crippen molar-refractivity contribution in [1.82, 2.24) is 0 Å². The minimum atomic E-state index is -1.65. The number of aliphatic hydroxyl groups is 4. The van der Waals surface area contributed by atoms with E-state index in [1.165, 1.54) is 21.3 Å². The summed E-state index contributed by atoms with van der Waals surface area (Å²) >= 11 is 0. The largest absolute Gasteiger partial charge is 0.493 e. The molecule has 6 rings (SSSR count). The maximum Gasteiger partial charge on any atom is 0.309 e. The van der Waals surface area contributed by atoms with Crippen LogP contribution in [-0.2, 0) is 25.4 Å². The molecule has 3 heterocycles. The van der Waals surface area contributed by atoms with Gasteiger partial charge in [0, 0.05) is 11.5 Å². The molecule has 222 valence electrons. The molecule has 0 bridgehead atoms. The third-order valence-electron chi connectivity index (χ3n) is 8.23. The first-order valence-corrected chi connectivity index (χ1v) is 13.2. The van der Waals surface area contributed by atoms with E-state index in [0.717, 1.165) is 5.56 Å². The van der Waals surface area contributed by atoms with Crippen LogP contribution >= 0.6 is 0 Å². The van der Waals surface area contributed by atoms with Crippen molar-refractivity contribution >= 4 is 5.97 Å². The molecule has 2 aromatic rings. The number of carbonyl (C=O) groups excluding carboxylic acids is 1. The summed E-state index contributed by atoms with van der Waals surface area (Å²) in [5, 5.41) is 41.2. The Kier molecular flexibility index (Phi) is 7.34. The maximum atomic E-state index is 13.1. The Hall–Kier alpha value is -3.33. The summed E-state index contributed by atoms with van der Waals surface area (Å²) in [6.45, 7) is -0.607. The van der Waals surface area contributed by atoms with E-state index in [-0.39, 0.29) is 19.8 Å². The zero-order chi connectivity index (χ0) is 29.0. The van der Waals surface area contributed by atoms with E-state index in [2.05, 4.69) is 0 Å². The van der Waals surface area contributed by atoms with E-state index in [0.29, 0.717) is 45.4 Å². The minimum absolute atomic E-state index is 0.0000375. The van der Waals surface area contributed by atoms with Crippen LogP contribution in [0.3, 0.4) is 0 Å². The number of esters is 1. The van der Waals surface area contributed by atoms with Gasteiger partial charge in [-0.2, -0.15) is 0 Å². The monoisotopic (exact) mass is 576 g/mol. The van der Waals surface area contributed by atoms with Gasteiger partial charge in [-0.15, -0.1) is 0 Å². The van der Waals surface area contributed by atoms with Crippen molar-refractivity contribution in [2.45, 2.75) is 43.2 Å². The van der Waals surface area contributed by atoms with Crippen molar-refractivity contribution < 1.29 is 63.1 Å². The fourth-order valence-electron chi connectivity index (χ4n) is 6.15. The van der Waals surface area contributed by atoms with E-state index >= 15 is 0 Å². The first-order valence-electron chi connectivity index (χ1n) is 13.2. The average molecular weight is 577 g/mol. The summed E-state index contributed by atoms with van der Waals surface area (Å²) in [6, 6.07) is 5.32. The number of fused-ring (bicyclic) bond motifs is 5. The van der Waals surface area contributed by atoms with Gasteiger partial charge >= 0.3 is 5.97 Å². The number of cyclic esters (lactones) is 1. The number of aliphatic hydroxyl groups excluding tert-OH is 4. The van der Waals surface area contributed by atoms with Crippen molar-refractivity contribution in [2.75, 3.05) is 41.3 Å². The zero-order valence-corrected chi connectivity index (χ0v) is 22.6. The molecule has 1 aliphatic carbocycles. The van der Waals surface area contributed by atoms with E-state index in [1.807, 2.05) is 0 Å². The van der Waals surface area contributed by atoms with Gasteiger partial charge in [-0.05, 0) is 41.3 Å². The number of rotatable bonds is 6. The normalized spacial score (nSPS) is 31.7. The molecule has 8 atom stereocenters. The molecule has 4 N–H and O–H groups in total. The molecule has 0 saturated carbocycles. The van der Waals surface area contributed by atoms with Crippen molar-refractivity contribution in [3.05, 3.63) is 29.3 Å². The second-order valence-electron chi connectivity index (χ2n) is 10.3. The Bertz CT molecular complexity index is 1330. The van der Waals surface area contributed by atoms with E-state index < -0.39 is 61.2 Å². The van der Waals surface area contributed by atoms with Gasteiger partial charge in [0.1, 0.15) is 24.4 Å². The lowest BCUT2D eigenvalue weighted by molar-refractivity contribution is -0.317. The van der Waals surface area contributed by atoms with Crippen LogP contribution in [0, 0.1) is 11.8 Å². The van der Waals surface area contributed by atoms with E-state index in [4.69, 9.17) is 37.9 Å². The molecule has 0 unspecified atom stereocenters. The summed E-state index contributed by atoms with van der Waals surface area (Å²) in [4.78, 5) is 13.1. The lowest BCUT2D eigenvalue weighted by Gasteiger charge is -2.42. The molecule has 0 spiro atoms. The van der Waals surface area contributed by atoms with Crippen LogP contribution in [0.1, 0.15) is 17.2 Å². The fourth-order valence-corrected chi connectivity index (χ4v) is 6.15. The second-order valence-corrected chi connectivity index (χ2v) is 10.3. The molecule has 2 aromatic carbocycles. The Morgan fingerprint density at radius 2 is 1.63 bits per heavy atom. The van der Waals surface area contributed by atoms with Gasteiger partial charge in [-0.3, -0.25) is 4.79 Å². The van der Waals surface area contributed by atoms with Gasteiger partial charge in [0.05, 0.1) is 46.6 Å². The second kappa shape index (κ2) is 10.8. The van der Waals surface area contributed by atoms with Gasteiger partial charge in [-0.25, -0.2) is 0 Å². The number of hydrogen-bond donors (Lipinski definition) is 4. The lowest BCUT2D eigenvalue weighted by atomic mass is 9.76. The molecule has 0 amide bonds. The number of benzene rings is 2. The summed E-state index contributed by atoms with van der Waals surface area (Å²) in [6.07, 6.45) is -8.21. The number of hydrogen-bond acceptors (Lipinski definition) is 13. The van der Waals surface area contributed by atoms with E-state index in [9.17, 15) is 25.2 Å². The van der Waals surface area contributed by atoms with E-state index in [1.54, 1.807) is 18.2 Å². The zero-order valence-electron chi connectivity index (χ0n) is 22.6. The molecule has 0 radical (unpaired) electrons. The summed E-state index contributed by atoms with van der Waals surface area (Å²) < 4.78 is 46.1. The van der Waals surface area contributed by atoms with Crippen LogP contribution < -0.4 is 23.7 Å². The van der Waals surface area contributed by atoms with Crippen molar-refractivity contribution in [2.24, 2.45) is 11.8 Å². The van der Waals surface area contributed by atoms with Crippen LogP contribution in [0.2, 0.25) is 0 Å². The standard InChI is InChI=1S/C28H32O13/c1-34-18-5-11-4-14-15(9-37-27(14)33)24(41-28-23(32)22(31)21(30)19(8-29)40-28)13-7-17-16(38-10-39-17)6-12(13)20(11)26(36-3)25(18)35-2/h5-7,14-15,19,21-24,28-32H,4,8-10H2,1-3H3/t14-,15+,19+,21-,22+,23+,24+,28+/m1/s1. The highest BCUT2D eigenvalue weighted by Crippen LogP contribution is 2.55. The van der Waals surface area contributed by atoms with Gasteiger partial charge < -0.3 is 58.3 Å². The maximum absolute atomic E-state index is 13.1. The molecule has 41 heavy (non-hydrogen) atoms. The van der Waals surface area contributed by atoms with Crippen molar-refractivity contribution in [3.63, 3.8) is 0 Å². The molecule has 3 aliphatic heterocycles. The smallest absolute Gasteiger partial charge is 0.309 e. The highest BCUT2D eigenvalue weighted by atomic mass is 16.7. The number of methoxy groups -OCH3 is 3. The van der Waals surface area contributed by atoms with Crippen molar-refractivity contribution in [3.8, 4) is 39.9 Å². The molecule has 13 heteroatoms. The molecule has 13 nitrogen and oxygen atoms in total. The highest BCUT2D eigenvalue weighted by Gasteiger charge is 2.50. The first-order chi connectivity index (χ1) is 19.8. The predicted octanol–water partition coefficient (Wildman–Crippen LogP) is 0.311. The topological polar surface area (TPSA) is 172 Å². The third-order valence-corrected chi connectivity index (χ3v) is 8.23. The molecule has 4 aliphatic rings. The Labute approximate surface area is 235 Å². The van der Waals surface area contributed by atoms with Crippen LogP contribution in [0.15, 0.2) is 18.2 Å². The van der Waals surface area contributed by atoms with Crippen LogP contribution in [0.4, 0.5) is 0 Å².